The third kappa shape index (κ3) is 7.66. The van der Waals surface area contributed by atoms with Crippen LogP contribution in [-0.2, 0) is 13.1 Å². The highest BCUT2D eigenvalue weighted by molar-refractivity contribution is 5.04. The lowest BCUT2D eigenvalue weighted by Gasteiger charge is -2.21. The van der Waals surface area contributed by atoms with Crippen molar-refractivity contribution in [1.29, 1.82) is 0 Å². The number of imidazole rings is 1. The number of rotatable bonds is 10. The summed E-state index contributed by atoms with van der Waals surface area (Å²) in [5, 5.41) is 3.56. The molecule has 0 bridgehead atoms. The third-order valence-corrected chi connectivity index (χ3v) is 3.92. The lowest BCUT2D eigenvalue weighted by Crippen LogP contribution is -2.35. The molecule has 1 aromatic heterocycles. The molecule has 1 aromatic rings. The van der Waals surface area contributed by atoms with Crippen LogP contribution in [-0.4, -0.2) is 15.1 Å². The molecule has 21 heavy (non-hydrogen) atoms. The van der Waals surface area contributed by atoms with Crippen LogP contribution in [0.25, 0.3) is 0 Å². The molecular formula is C18H35N3. The first-order valence-electron chi connectivity index (χ1n) is 8.70. The summed E-state index contributed by atoms with van der Waals surface area (Å²) in [6.07, 6.45) is 11.5. The van der Waals surface area contributed by atoms with Crippen molar-refractivity contribution in [3.63, 3.8) is 0 Å². The summed E-state index contributed by atoms with van der Waals surface area (Å²) in [5.41, 5.74) is 1.47. The first-order valence-corrected chi connectivity index (χ1v) is 8.70. The van der Waals surface area contributed by atoms with Gasteiger partial charge < -0.3 is 9.88 Å². The van der Waals surface area contributed by atoms with Crippen molar-refractivity contribution in [1.82, 2.24) is 14.9 Å². The van der Waals surface area contributed by atoms with Gasteiger partial charge in [-0.25, -0.2) is 4.98 Å². The van der Waals surface area contributed by atoms with Crippen LogP contribution in [0.1, 0.15) is 84.2 Å². The average molecular weight is 293 g/mol. The molecule has 3 nitrogen and oxygen atoms in total. The Morgan fingerprint density at radius 3 is 2.29 bits per heavy atom. The Hall–Kier alpha value is -0.830. The van der Waals surface area contributed by atoms with Crippen molar-refractivity contribution in [3.05, 3.63) is 17.7 Å². The average Bonchev–Trinajstić information content (AvgIpc) is 2.76. The zero-order valence-electron chi connectivity index (χ0n) is 14.8. The zero-order valence-corrected chi connectivity index (χ0v) is 14.8. The van der Waals surface area contributed by atoms with Crippen molar-refractivity contribution >= 4 is 0 Å². The minimum absolute atomic E-state index is 0.155. The Balaban J connectivity index is 2.32. The van der Waals surface area contributed by atoms with Crippen LogP contribution in [0.4, 0.5) is 0 Å². The van der Waals surface area contributed by atoms with Gasteiger partial charge >= 0.3 is 0 Å². The van der Waals surface area contributed by atoms with Crippen LogP contribution >= 0.6 is 0 Å². The van der Waals surface area contributed by atoms with Gasteiger partial charge in [-0.15, -0.1) is 0 Å². The van der Waals surface area contributed by atoms with Crippen molar-refractivity contribution in [2.24, 2.45) is 0 Å². The molecule has 0 aromatic carbocycles. The fourth-order valence-electron chi connectivity index (χ4n) is 2.54. The molecule has 3 heteroatoms. The molecule has 0 amide bonds. The van der Waals surface area contributed by atoms with E-state index in [9.17, 15) is 0 Å². The number of nitrogens with one attached hydrogen (secondary N) is 1. The number of aromatic nitrogens is 2. The summed E-state index contributed by atoms with van der Waals surface area (Å²) in [6.45, 7) is 13.0. The minimum atomic E-state index is 0.155. The van der Waals surface area contributed by atoms with Crippen LogP contribution in [0.2, 0.25) is 0 Å². The summed E-state index contributed by atoms with van der Waals surface area (Å²) >= 11 is 0. The molecular weight excluding hydrogens is 258 g/mol. The second-order valence-corrected chi connectivity index (χ2v) is 7.17. The van der Waals surface area contributed by atoms with Crippen LogP contribution in [0.3, 0.4) is 0 Å². The second-order valence-electron chi connectivity index (χ2n) is 7.17. The van der Waals surface area contributed by atoms with E-state index in [1.165, 1.54) is 50.6 Å². The molecule has 122 valence electrons. The highest BCUT2D eigenvalue weighted by atomic mass is 15.1. The van der Waals surface area contributed by atoms with E-state index in [1.807, 2.05) is 6.20 Å². The second kappa shape index (κ2) is 9.24. The van der Waals surface area contributed by atoms with Gasteiger partial charge in [-0.2, -0.15) is 0 Å². The van der Waals surface area contributed by atoms with Gasteiger partial charge in [0.2, 0.25) is 0 Å². The molecule has 1 N–H and O–H groups in total. The number of hydrogen-bond acceptors (Lipinski definition) is 2. The molecule has 0 atom stereocenters. The lowest BCUT2D eigenvalue weighted by molar-refractivity contribution is 0.413. The minimum Gasteiger partial charge on any atom is -0.331 e. The zero-order chi connectivity index (χ0) is 15.7. The molecule has 0 aliphatic heterocycles. The molecule has 0 aliphatic rings. The maximum Gasteiger partial charge on any atom is 0.105 e. The van der Waals surface area contributed by atoms with Gasteiger partial charge in [0, 0.05) is 24.8 Å². The number of nitrogens with zero attached hydrogens (tertiary/aromatic N) is 2. The van der Waals surface area contributed by atoms with Gasteiger partial charge in [0.25, 0.3) is 0 Å². The van der Waals surface area contributed by atoms with Gasteiger partial charge in [-0.1, -0.05) is 45.4 Å². The summed E-state index contributed by atoms with van der Waals surface area (Å²) < 4.78 is 2.38. The maximum atomic E-state index is 4.48. The fraction of sp³-hybridized carbons (Fsp3) is 0.833. The topological polar surface area (TPSA) is 29.9 Å². The van der Waals surface area contributed by atoms with Crippen LogP contribution in [0.5, 0.6) is 0 Å². The summed E-state index contributed by atoms with van der Waals surface area (Å²) in [6, 6.07) is 0. The van der Waals surface area contributed by atoms with Gasteiger partial charge in [-0.3, -0.25) is 0 Å². The lowest BCUT2D eigenvalue weighted by atomic mass is 10.1. The van der Waals surface area contributed by atoms with Crippen molar-refractivity contribution in [2.45, 2.75) is 98.2 Å². The molecule has 0 aliphatic carbocycles. The maximum absolute atomic E-state index is 4.48. The summed E-state index contributed by atoms with van der Waals surface area (Å²) in [7, 11) is 0. The van der Waals surface area contributed by atoms with Crippen LogP contribution < -0.4 is 5.32 Å². The van der Waals surface area contributed by atoms with E-state index in [0.29, 0.717) is 0 Å². The molecule has 1 heterocycles. The highest BCUT2D eigenvalue weighted by Crippen LogP contribution is 2.12. The van der Waals surface area contributed by atoms with Crippen LogP contribution in [0.15, 0.2) is 6.20 Å². The quantitative estimate of drug-likeness (QED) is 0.626. The van der Waals surface area contributed by atoms with Gasteiger partial charge in [0.15, 0.2) is 0 Å². The molecule has 0 unspecified atom stereocenters. The molecule has 0 radical (unpaired) electrons. The molecule has 0 fully saturated rings. The van der Waals surface area contributed by atoms with E-state index in [4.69, 9.17) is 0 Å². The Bertz CT molecular complexity index is 388. The van der Waals surface area contributed by atoms with E-state index in [-0.39, 0.29) is 5.54 Å². The van der Waals surface area contributed by atoms with Gasteiger partial charge in [0.05, 0.1) is 5.69 Å². The van der Waals surface area contributed by atoms with Crippen LogP contribution in [0, 0.1) is 6.92 Å². The predicted octanol–water partition coefficient (Wildman–Crippen LogP) is 4.83. The van der Waals surface area contributed by atoms with Crippen molar-refractivity contribution in [3.8, 4) is 0 Å². The number of unbranched alkanes of at least 4 members (excludes halogenated alkanes) is 6. The first-order chi connectivity index (χ1) is 9.94. The van der Waals surface area contributed by atoms with E-state index in [2.05, 4.69) is 49.5 Å². The normalized spacial score (nSPS) is 12.0. The fourth-order valence-corrected chi connectivity index (χ4v) is 2.54. The molecule has 0 saturated heterocycles. The standard InChI is InChI=1S/C18H35N3/c1-6-7-8-9-10-11-12-13-21-16(2)19-14-17(21)15-20-18(3,4)5/h14,20H,6-13,15H2,1-5H3. The Labute approximate surface area is 131 Å². The highest BCUT2D eigenvalue weighted by Gasteiger charge is 2.11. The van der Waals surface area contributed by atoms with E-state index in [1.54, 1.807) is 0 Å². The monoisotopic (exact) mass is 293 g/mol. The van der Waals surface area contributed by atoms with Crippen molar-refractivity contribution < 1.29 is 0 Å². The Morgan fingerprint density at radius 2 is 1.67 bits per heavy atom. The van der Waals surface area contributed by atoms with Gasteiger partial charge in [-0.05, 0) is 34.1 Å². The van der Waals surface area contributed by atoms with E-state index in [0.717, 1.165) is 18.9 Å². The molecule has 0 saturated carbocycles. The third-order valence-electron chi connectivity index (χ3n) is 3.92. The smallest absolute Gasteiger partial charge is 0.105 e. The summed E-state index contributed by atoms with van der Waals surface area (Å²) in [4.78, 5) is 4.48. The van der Waals surface area contributed by atoms with Gasteiger partial charge in [0.1, 0.15) is 5.82 Å². The Kier molecular flexibility index (Phi) is 8.02. The number of aryl methyl sites for hydroxylation is 1. The van der Waals surface area contributed by atoms with E-state index < -0.39 is 0 Å². The molecule has 1 rings (SSSR count). The largest absolute Gasteiger partial charge is 0.331 e. The predicted molar refractivity (Wildman–Crippen MR) is 91.5 cm³/mol. The first kappa shape index (κ1) is 18.2. The van der Waals surface area contributed by atoms with E-state index >= 15 is 0 Å². The SMILES string of the molecule is CCCCCCCCCn1c(CNC(C)(C)C)cnc1C. The summed E-state index contributed by atoms with van der Waals surface area (Å²) in [5.74, 6) is 1.15. The molecule has 0 spiro atoms. The number of hydrogen-bond donors (Lipinski definition) is 1. The Morgan fingerprint density at radius 1 is 1.05 bits per heavy atom. The van der Waals surface area contributed by atoms with Crippen molar-refractivity contribution in [2.75, 3.05) is 0 Å².